The number of halogens is 1. The van der Waals surface area contributed by atoms with Crippen LogP contribution in [0.25, 0.3) is 0 Å². The maximum Gasteiger partial charge on any atom is 0.173 e. The SMILES string of the molecule is S=C(Nc1ccc(Cl)cc1)N(Cc1cccs1)C[C@H]1CCCO1. The monoisotopic (exact) mass is 366 g/mol. The van der Waals surface area contributed by atoms with Crippen LogP contribution in [0.1, 0.15) is 17.7 Å². The van der Waals surface area contributed by atoms with Crippen LogP contribution in [0.5, 0.6) is 0 Å². The standard InChI is InChI=1S/C17H19ClN2OS2/c18-13-5-7-14(8-6-13)19-17(22)20(11-15-3-1-9-21-15)12-16-4-2-10-23-16/h2,4-8,10,15H,1,3,9,11-12H2,(H,19,22)/t15-/m1/s1. The first kappa shape index (κ1) is 16.7. The van der Waals surface area contributed by atoms with Crippen molar-refractivity contribution in [1.29, 1.82) is 0 Å². The smallest absolute Gasteiger partial charge is 0.173 e. The summed E-state index contributed by atoms with van der Waals surface area (Å²) in [5.74, 6) is 0. The van der Waals surface area contributed by atoms with Gasteiger partial charge in [0.2, 0.25) is 0 Å². The predicted octanol–water partition coefficient (Wildman–Crippen LogP) is 4.78. The molecule has 3 nitrogen and oxygen atoms in total. The van der Waals surface area contributed by atoms with Crippen LogP contribution in [0.15, 0.2) is 41.8 Å². The van der Waals surface area contributed by atoms with E-state index in [2.05, 4.69) is 27.7 Å². The molecule has 122 valence electrons. The van der Waals surface area contributed by atoms with Crippen LogP contribution in [0, 0.1) is 0 Å². The van der Waals surface area contributed by atoms with Gasteiger partial charge in [-0.15, -0.1) is 11.3 Å². The zero-order chi connectivity index (χ0) is 16.1. The summed E-state index contributed by atoms with van der Waals surface area (Å²) >= 11 is 13.3. The maximum atomic E-state index is 5.93. The number of hydrogen-bond donors (Lipinski definition) is 1. The van der Waals surface area contributed by atoms with Crippen molar-refractivity contribution in [2.24, 2.45) is 0 Å². The number of thiocarbonyl (C=S) groups is 1. The van der Waals surface area contributed by atoms with Gasteiger partial charge in [0.25, 0.3) is 0 Å². The van der Waals surface area contributed by atoms with E-state index in [1.165, 1.54) is 4.88 Å². The van der Waals surface area contributed by atoms with Crippen molar-refractivity contribution < 1.29 is 4.74 Å². The molecule has 6 heteroatoms. The molecule has 1 fully saturated rings. The highest BCUT2D eigenvalue weighted by Gasteiger charge is 2.21. The van der Waals surface area contributed by atoms with Crippen molar-refractivity contribution >= 4 is 46.0 Å². The number of ether oxygens (including phenoxy) is 1. The first-order valence-electron chi connectivity index (χ1n) is 7.66. The normalized spacial score (nSPS) is 17.2. The Morgan fingerprint density at radius 2 is 2.17 bits per heavy atom. The molecule has 1 N–H and O–H groups in total. The van der Waals surface area contributed by atoms with Gasteiger partial charge < -0.3 is 15.0 Å². The van der Waals surface area contributed by atoms with E-state index < -0.39 is 0 Å². The van der Waals surface area contributed by atoms with E-state index in [0.717, 1.165) is 48.4 Å². The minimum atomic E-state index is 0.264. The van der Waals surface area contributed by atoms with Crippen LogP contribution in [0.2, 0.25) is 5.02 Å². The highest BCUT2D eigenvalue weighted by Crippen LogP contribution is 2.19. The van der Waals surface area contributed by atoms with Crippen molar-refractivity contribution in [3.63, 3.8) is 0 Å². The fraction of sp³-hybridized carbons (Fsp3) is 0.353. The number of benzene rings is 1. The van der Waals surface area contributed by atoms with E-state index in [9.17, 15) is 0 Å². The van der Waals surface area contributed by atoms with Gasteiger partial charge in [-0.3, -0.25) is 0 Å². The third kappa shape index (κ3) is 4.91. The van der Waals surface area contributed by atoms with Crippen molar-refractivity contribution in [1.82, 2.24) is 4.90 Å². The Labute approximate surface area is 151 Å². The van der Waals surface area contributed by atoms with E-state index in [0.29, 0.717) is 0 Å². The lowest BCUT2D eigenvalue weighted by molar-refractivity contribution is 0.0907. The molecule has 1 aliphatic rings. The Bertz CT molecular complexity index is 625. The van der Waals surface area contributed by atoms with E-state index in [1.54, 1.807) is 11.3 Å². The molecule has 1 saturated heterocycles. The highest BCUT2D eigenvalue weighted by molar-refractivity contribution is 7.80. The molecule has 1 aromatic heterocycles. The van der Waals surface area contributed by atoms with Crippen molar-refractivity contribution in [3.05, 3.63) is 51.7 Å². The number of rotatable bonds is 5. The average Bonchev–Trinajstić information content (AvgIpc) is 3.22. The van der Waals surface area contributed by atoms with Crippen LogP contribution in [0.3, 0.4) is 0 Å². The van der Waals surface area contributed by atoms with Gasteiger partial charge in [0, 0.05) is 28.7 Å². The predicted molar refractivity (Wildman–Crippen MR) is 101 cm³/mol. The number of anilines is 1. The molecule has 0 radical (unpaired) electrons. The molecule has 23 heavy (non-hydrogen) atoms. The van der Waals surface area contributed by atoms with Gasteiger partial charge in [0.15, 0.2) is 5.11 Å². The van der Waals surface area contributed by atoms with E-state index >= 15 is 0 Å². The molecule has 2 aromatic rings. The lowest BCUT2D eigenvalue weighted by Crippen LogP contribution is -2.39. The molecule has 3 rings (SSSR count). The lowest BCUT2D eigenvalue weighted by Gasteiger charge is -2.28. The topological polar surface area (TPSA) is 24.5 Å². The minimum Gasteiger partial charge on any atom is -0.376 e. The maximum absolute atomic E-state index is 5.93. The molecule has 0 saturated carbocycles. The van der Waals surface area contributed by atoms with Gasteiger partial charge in [0.05, 0.1) is 12.6 Å². The number of hydrogen-bond acceptors (Lipinski definition) is 3. The Kier molecular flexibility index (Phi) is 5.89. The molecule has 1 atom stereocenters. The second kappa shape index (κ2) is 8.11. The van der Waals surface area contributed by atoms with Gasteiger partial charge >= 0.3 is 0 Å². The zero-order valence-electron chi connectivity index (χ0n) is 12.7. The highest BCUT2D eigenvalue weighted by atomic mass is 35.5. The largest absolute Gasteiger partial charge is 0.376 e. The number of nitrogens with one attached hydrogen (secondary N) is 1. The van der Waals surface area contributed by atoms with Gasteiger partial charge in [-0.25, -0.2) is 0 Å². The third-order valence-electron chi connectivity index (χ3n) is 3.76. The quantitative estimate of drug-likeness (QED) is 0.769. The molecular weight excluding hydrogens is 348 g/mol. The van der Waals surface area contributed by atoms with Crippen LogP contribution in [0.4, 0.5) is 5.69 Å². The lowest BCUT2D eigenvalue weighted by atomic mass is 10.2. The summed E-state index contributed by atoms with van der Waals surface area (Å²) in [7, 11) is 0. The van der Waals surface area contributed by atoms with Crippen LogP contribution in [-0.4, -0.2) is 29.3 Å². The fourth-order valence-corrected chi connectivity index (χ4v) is 3.68. The second-order valence-corrected chi connectivity index (χ2v) is 7.39. The second-order valence-electron chi connectivity index (χ2n) is 5.53. The summed E-state index contributed by atoms with van der Waals surface area (Å²) in [4.78, 5) is 3.48. The molecule has 0 unspecified atom stereocenters. The van der Waals surface area contributed by atoms with Crippen LogP contribution < -0.4 is 5.32 Å². The Balaban J connectivity index is 1.67. The molecule has 0 bridgehead atoms. The number of nitrogens with zero attached hydrogens (tertiary/aromatic N) is 1. The fourth-order valence-electron chi connectivity index (χ4n) is 2.58. The van der Waals surface area contributed by atoms with Gasteiger partial charge in [-0.2, -0.15) is 0 Å². The summed E-state index contributed by atoms with van der Waals surface area (Å²) < 4.78 is 5.78. The zero-order valence-corrected chi connectivity index (χ0v) is 15.1. The molecular formula is C17H19ClN2OS2. The summed E-state index contributed by atoms with van der Waals surface area (Å²) in [6, 6.07) is 11.8. The molecule has 2 heterocycles. The first-order chi connectivity index (χ1) is 11.2. The molecule has 1 aliphatic heterocycles. The van der Waals surface area contributed by atoms with Crippen molar-refractivity contribution in [3.8, 4) is 0 Å². The summed E-state index contributed by atoms with van der Waals surface area (Å²) in [6.45, 7) is 2.48. The van der Waals surface area contributed by atoms with E-state index in [-0.39, 0.29) is 6.10 Å². The average molecular weight is 367 g/mol. The van der Waals surface area contributed by atoms with Gasteiger partial charge in [-0.1, -0.05) is 17.7 Å². The molecule has 1 aromatic carbocycles. The summed E-state index contributed by atoms with van der Waals surface area (Å²) in [5.41, 5.74) is 0.947. The Hall–Kier alpha value is -1.14. The van der Waals surface area contributed by atoms with Crippen LogP contribution in [-0.2, 0) is 11.3 Å². The van der Waals surface area contributed by atoms with Crippen molar-refractivity contribution in [2.45, 2.75) is 25.5 Å². The molecule has 0 aliphatic carbocycles. The molecule has 0 amide bonds. The summed E-state index contributed by atoms with van der Waals surface area (Å²) in [5, 5.41) is 6.83. The van der Waals surface area contributed by atoms with Gasteiger partial charge in [-0.05, 0) is 60.8 Å². The van der Waals surface area contributed by atoms with Crippen molar-refractivity contribution in [2.75, 3.05) is 18.5 Å². The summed E-state index contributed by atoms with van der Waals surface area (Å²) in [6.07, 6.45) is 2.50. The molecule has 0 spiro atoms. The minimum absolute atomic E-state index is 0.264. The Morgan fingerprint density at radius 1 is 1.35 bits per heavy atom. The third-order valence-corrected chi connectivity index (χ3v) is 5.23. The number of thiophene rings is 1. The van der Waals surface area contributed by atoms with Crippen LogP contribution >= 0.6 is 35.2 Å². The van der Waals surface area contributed by atoms with E-state index in [1.807, 2.05) is 24.3 Å². The van der Waals surface area contributed by atoms with Gasteiger partial charge in [0.1, 0.15) is 0 Å². The Morgan fingerprint density at radius 3 is 2.83 bits per heavy atom. The first-order valence-corrected chi connectivity index (χ1v) is 9.33. The van der Waals surface area contributed by atoms with E-state index in [4.69, 9.17) is 28.6 Å².